The molecule has 1 heteroatoms. The molecule has 1 aliphatic carbocycles. The summed E-state index contributed by atoms with van der Waals surface area (Å²) in [6, 6.07) is 7.09. The molecule has 1 aromatic rings. The first-order valence-electron chi connectivity index (χ1n) is 6.86. The first-order chi connectivity index (χ1) is 8.02. The molecule has 0 radical (unpaired) electrons. The van der Waals surface area contributed by atoms with E-state index in [1.807, 2.05) is 0 Å². The standard InChI is InChI=1S/C16H25N/c1-16(2,3)14-8-7-12-5-4-6-13(9-10-17)15(12)11-14/h7-8,11,13H,4-6,9-10,17H2,1-3H3. The molecule has 0 spiro atoms. The first kappa shape index (κ1) is 12.6. The van der Waals surface area contributed by atoms with Crippen LogP contribution in [0.15, 0.2) is 18.2 Å². The SMILES string of the molecule is CC(C)(C)c1ccc2c(c1)C(CCN)CCC2. The van der Waals surface area contributed by atoms with E-state index in [1.165, 1.54) is 24.8 Å². The maximum atomic E-state index is 5.74. The van der Waals surface area contributed by atoms with Crippen LogP contribution in [0, 0.1) is 0 Å². The van der Waals surface area contributed by atoms with Gasteiger partial charge in [0.05, 0.1) is 0 Å². The molecule has 1 unspecified atom stereocenters. The second-order valence-corrected chi connectivity index (χ2v) is 6.33. The molecule has 1 atom stereocenters. The van der Waals surface area contributed by atoms with Gasteiger partial charge in [0, 0.05) is 0 Å². The Kier molecular flexibility index (Phi) is 3.58. The Morgan fingerprint density at radius 1 is 1.29 bits per heavy atom. The van der Waals surface area contributed by atoms with E-state index in [-0.39, 0.29) is 5.41 Å². The lowest BCUT2D eigenvalue weighted by molar-refractivity contribution is 0.520. The summed E-state index contributed by atoms with van der Waals surface area (Å²) in [4.78, 5) is 0. The molecule has 94 valence electrons. The van der Waals surface area contributed by atoms with Crippen molar-refractivity contribution < 1.29 is 0 Å². The van der Waals surface area contributed by atoms with Crippen molar-refractivity contribution in [2.45, 2.75) is 57.8 Å². The summed E-state index contributed by atoms with van der Waals surface area (Å²) < 4.78 is 0. The van der Waals surface area contributed by atoms with Crippen LogP contribution in [0.4, 0.5) is 0 Å². The number of benzene rings is 1. The van der Waals surface area contributed by atoms with Crippen molar-refractivity contribution in [1.82, 2.24) is 0 Å². The van der Waals surface area contributed by atoms with Crippen molar-refractivity contribution >= 4 is 0 Å². The van der Waals surface area contributed by atoms with Crippen LogP contribution in [-0.4, -0.2) is 6.54 Å². The smallest absolute Gasteiger partial charge is 0.00714 e. The minimum Gasteiger partial charge on any atom is -0.330 e. The van der Waals surface area contributed by atoms with Crippen LogP contribution in [0.2, 0.25) is 0 Å². The van der Waals surface area contributed by atoms with E-state index in [0.717, 1.165) is 13.0 Å². The third-order valence-corrected chi connectivity index (χ3v) is 3.97. The van der Waals surface area contributed by atoms with Crippen molar-refractivity contribution in [2.75, 3.05) is 6.54 Å². The van der Waals surface area contributed by atoms with Gasteiger partial charge >= 0.3 is 0 Å². The second kappa shape index (κ2) is 4.81. The molecule has 1 aliphatic rings. The van der Waals surface area contributed by atoms with Gasteiger partial charge in [-0.05, 0) is 60.3 Å². The summed E-state index contributed by atoms with van der Waals surface area (Å²) in [5, 5.41) is 0. The van der Waals surface area contributed by atoms with Crippen molar-refractivity contribution in [3.63, 3.8) is 0 Å². The quantitative estimate of drug-likeness (QED) is 0.824. The van der Waals surface area contributed by atoms with E-state index in [1.54, 1.807) is 11.1 Å². The number of aryl methyl sites for hydroxylation is 1. The van der Waals surface area contributed by atoms with Crippen LogP contribution in [0.5, 0.6) is 0 Å². The van der Waals surface area contributed by atoms with Gasteiger partial charge in [0.25, 0.3) is 0 Å². The summed E-state index contributed by atoms with van der Waals surface area (Å²) in [5.74, 6) is 0.700. The maximum absolute atomic E-state index is 5.74. The molecule has 2 N–H and O–H groups in total. The third kappa shape index (κ3) is 2.71. The lowest BCUT2D eigenvalue weighted by atomic mass is 9.77. The largest absolute Gasteiger partial charge is 0.330 e. The fourth-order valence-corrected chi connectivity index (χ4v) is 2.86. The highest BCUT2D eigenvalue weighted by molar-refractivity contribution is 5.39. The van der Waals surface area contributed by atoms with E-state index in [2.05, 4.69) is 39.0 Å². The highest BCUT2D eigenvalue weighted by atomic mass is 14.5. The van der Waals surface area contributed by atoms with Crippen molar-refractivity contribution in [2.24, 2.45) is 5.73 Å². The van der Waals surface area contributed by atoms with E-state index in [0.29, 0.717) is 5.92 Å². The molecule has 1 nitrogen and oxygen atoms in total. The van der Waals surface area contributed by atoms with Gasteiger partial charge in [-0.15, -0.1) is 0 Å². The lowest BCUT2D eigenvalue weighted by Crippen LogP contribution is -2.17. The minimum absolute atomic E-state index is 0.250. The average Bonchev–Trinajstić information content (AvgIpc) is 2.28. The van der Waals surface area contributed by atoms with Gasteiger partial charge in [0.2, 0.25) is 0 Å². The molecule has 1 aromatic carbocycles. The van der Waals surface area contributed by atoms with Crippen LogP contribution in [0.1, 0.15) is 62.6 Å². The van der Waals surface area contributed by atoms with Crippen molar-refractivity contribution in [1.29, 1.82) is 0 Å². The molecular weight excluding hydrogens is 206 g/mol. The Balaban J connectivity index is 2.37. The van der Waals surface area contributed by atoms with Crippen LogP contribution in [-0.2, 0) is 11.8 Å². The predicted octanol–water partition coefficient (Wildman–Crippen LogP) is 3.75. The summed E-state index contributed by atoms with van der Waals surface area (Å²) in [6.45, 7) is 7.67. The third-order valence-electron chi connectivity index (χ3n) is 3.97. The summed E-state index contributed by atoms with van der Waals surface area (Å²) >= 11 is 0. The van der Waals surface area contributed by atoms with Gasteiger partial charge < -0.3 is 5.73 Å². The molecule has 0 bridgehead atoms. The highest BCUT2D eigenvalue weighted by Gasteiger charge is 2.22. The van der Waals surface area contributed by atoms with Crippen LogP contribution < -0.4 is 5.73 Å². The van der Waals surface area contributed by atoms with E-state index < -0.39 is 0 Å². The van der Waals surface area contributed by atoms with Crippen LogP contribution >= 0.6 is 0 Å². The number of hydrogen-bond acceptors (Lipinski definition) is 1. The molecule has 0 amide bonds. The highest BCUT2D eigenvalue weighted by Crippen LogP contribution is 2.36. The number of fused-ring (bicyclic) bond motifs is 1. The van der Waals surface area contributed by atoms with Gasteiger partial charge in [0.15, 0.2) is 0 Å². The Hall–Kier alpha value is -0.820. The summed E-state index contributed by atoms with van der Waals surface area (Å²) in [6.07, 6.45) is 5.03. The normalized spacial score (nSPS) is 20.1. The fraction of sp³-hybridized carbons (Fsp3) is 0.625. The van der Waals surface area contributed by atoms with E-state index in [4.69, 9.17) is 5.73 Å². The zero-order valence-electron chi connectivity index (χ0n) is 11.4. The van der Waals surface area contributed by atoms with Crippen molar-refractivity contribution in [3.8, 4) is 0 Å². The number of nitrogens with two attached hydrogens (primary N) is 1. The van der Waals surface area contributed by atoms with Gasteiger partial charge in [-0.25, -0.2) is 0 Å². The first-order valence-corrected chi connectivity index (χ1v) is 6.86. The molecule has 2 rings (SSSR count). The maximum Gasteiger partial charge on any atom is -0.00714 e. The minimum atomic E-state index is 0.250. The van der Waals surface area contributed by atoms with E-state index in [9.17, 15) is 0 Å². The van der Waals surface area contributed by atoms with Gasteiger partial charge in [0.1, 0.15) is 0 Å². The number of rotatable bonds is 2. The molecule has 0 saturated carbocycles. The Labute approximate surface area is 105 Å². The molecular formula is C16H25N. The zero-order chi connectivity index (χ0) is 12.5. The second-order valence-electron chi connectivity index (χ2n) is 6.33. The Morgan fingerprint density at radius 2 is 2.06 bits per heavy atom. The Morgan fingerprint density at radius 3 is 2.71 bits per heavy atom. The summed E-state index contributed by atoms with van der Waals surface area (Å²) in [5.41, 5.74) is 10.6. The summed E-state index contributed by atoms with van der Waals surface area (Å²) in [7, 11) is 0. The van der Waals surface area contributed by atoms with Gasteiger partial charge in [-0.1, -0.05) is 39.0 Å². The molecule has 0 aromatic heterocycles. The van der Waals surface area contributed by atoms with Crippen LogP contribution in [0.3, 0.4) is 0 Å². The molecule has 0 aliphatic heterocycles. The van der Waals surface area contributed by atoms with Crippen molar-refractivity contribution in [3.05, 3.63) is 34.9 Å². The van der Waals surface area contributed by atoms with E-state index >= 15 is 0 Å². The molecule has 17 heavy (non-hydrogen) atoms. The zero-order valence-corrected chi connectivity index (χ0v) is 11.4. The predicted molar refractivity (Wildman–Crippen MR) is 74.5 cm³/mol. The fourth-order valence-electron chi connectivity index (χ4n) is 2.86. The van der Waals surface area contributed by atoms with Gasteiger partial charge in [-0.3, -0.25) is 0 Å². The average molecular weight is 231 g/mol. The van der Waals surface area contributed by atoms with Crippen LogP contribution in [0.25, 0.3) is 0 Å². The van der Waals surface area contributed by atoms with Gasteiger partial charge in [-0.2, -0.15) is 0 Å². The molecule has 0 fully saturated rings. The lowest BCUT2D eigenvalue weighted by Gasteiger charge is -2.28. The Bertz CT molecular complexity index is 387. The number of hydrogen-bond donors (Lipinski definition) is 1. The topological polar surface area (TPSA) is 26.0 Å². The molecule has 0 saturated heterocycles. The monoisotopic (exact) mass is 231 g/mol. The molecule has 0 heterocycles.